The predicted octanol–water partition coefficient (Wildman–Crippen LogP) is 5.33. The lowest BCUT2D eigenvalue weighted by molar-refractivity contribution is 0.279. The van der Waals surface area contributed by atoms with Gasteiger partial charge in [0, 0.05) is 11.1 Å². The molecule has 1 atom stereocenters. The summed E-state index contributed by atoms with van der Waals surface area (Å²) >= 11 is 0. The van der Waals surface area contributed by atoms with Crippen LogP contribution in [0.15, 0.2) is 78.2 Å². The number of nitriles is 1. The zero-order valence-electron chi connectivity index (χ0n) is 19.7. The first kappa shape index (κ1) is 23.0. The molecule has 36 heavy (non-hydrogen) atoms. The number of allylic oxidation sites excluding steroid dienone is 1. The SMILES string of the molecule is COc1cc([C@H]2C(C#N)=C(N)Oc3n[nH]c(-c4ccc(C)cc4)c32)ccc1OCc1ccccc1F. The van der Waals surface area contributed by atoms with Crippen LogP contribution in [0.25, 0.3) is 11.3 Å². The number of nitrogens with zero attached hydrogens (tertiary/aromatic N) is 2. The second-order valence-corrected chi connectivity index (χ2v) is 8.40. The normalized spacial score (nSPS) is 14.6. The fourth-order valence-electron chi connectivity index (χ4n) is 4.27. The van der Waals surface area contributed by atoms with Crippen molar-refractivity contribution in [3.05, 3.63) is 106 Å². The molecule has 3 aromatic carbocycles. The van der Waals surface area contributed by atoms with E-state index in [-0.39, 0.29) is 23.9 Å². The van der Waals surface area contributed by atoms with Crippen LogP contribution < -0.4 is 19.9 Å². The minimum atomic E-state index is -0.552. The van der Waals surface area contributed by atoms with E-state index in [9.17, 15) is 9.65 Å². The number of fused-ring (bicyclic) bond motifs is 1. The Balaban J connectivity index is 1.56. The molecule has 1 aromatic heterocycles. The molecule has 7 nitrogen and oxygen atoms in total. The molecule has 0 amide bonds. The summed E-state index contributed by atoms with van der Waals surface area (Å²) in [7, 11) is 1.52. The van der Waals surface area contributed by atoms with E-state index in [0.717, 1.165) is 22.4 Å². The van der Waals surface area contributed by atoms with Gasteiger partial charge in [-0.1, -0.05) is 54.1 Å². The van der Waals surface area contributed by atoms with Gasteiger partial charge in [-0.2, -0.15) is 5.26 Å². The van der Waals surface area contributed by atoms with Gasteiger partial charge in [0.05, 0.1) is 24.3 Å². The summed E-state index contributed by atoms with van der Waals surface area (Å²) in [6.45, 7) is 2.05. The van der Waals surface area contributed by atoms with Crippen molar-refractivity contribution in [2.75, 3.05) is 7.11 Å². The predicted molar refractivity (Wildman–Crippen MR) is 132 cm³/mol. The molecule has 0 saturated carbocycles. The van der Waals surface area contributed by atoms with E-state index in [2.05, 4.69) is 16.3 Å². The lowest BCUT2D eigenvalue weighted by Crippen LogP contribution is -2.21. The van der Waals surface area contributed by atoms with E-state index in [1.54, 1.807) is 30.3 Å². The summed E-state index contributed by atoms with van der Waals surface area (Å²) in [6, 6.07) is 21.9. The summed E-state index contributed by atoms with van der Waals surface area (Å²) in [5.74, 6) is 0.294. The average Bonchev–Trinajstić information content (AvgIpc) is 3.31. The maximum atomic E-state index is 14.0. The minimum Gasteiger partial charge on any atom is -0.493 e. The smallest absolute Gasteiger partial charge is 0.244 e. The minimum absolute atomic E-state index is 0.00389. The van der Waals surface area contributed by atoms with Crippen molar-refractivity contribution in [3.8, 4) is 34.7 Å². The Morgan fingerprint density at radius 3 is 2.61 bits per heavy atom. The first-order chi connectivity index (χ1) is 17.5. The van der Waals surface area contributed by atoms with Crippen molar-refractivity contribution in [3.63, 3.8) is 0 Å². The highest BCUT2D eigenvalue weighted by molar-refractivity contribution is 5.71. The Bertz CT molecular complexity index is 1500. The molecule has 0 spiro atoms. The van der Waals surface area contributed by atoms with Gasteiger partial charge >= 0.3 is 0 Å². The number of nitrogens with two attached hydrogens (primary N) is 1. The number of hydrogen-bond donors (Lipinski definition) is 2. The Hall–Kier alpha value is -4.77. The van der Waals surface area contributed by atoms with Crippen molar-refractivity contribution in [1.29, 1.82) is 5.26 Å². The number of aryl methyl sites for hydroxylation is 1. The zero-order chi connectivity index (χ0) is 25.2. The molecule has 3 N–H and O–H groups in total. The van der Waals surface area contributed by atoms with Crippen LogP contribution >= 0.6 is 0 Å². The molecule has 8 heteroatoms. The average molecular weight is 483 g/mol. The van der Waals surface area contributed by atoms with E-state index < -0.39 is 5.92 Å². The summed E-state index contributed by atoms with van der Waals surface area (Å²) < 4.78 is 31.2. The van der Waals surface area contributed by atoms with E-state index in [1.165, 1.54) is 13.2 Å². The molecule has 0 aliphatic carbocycles. The maximum absolute atomic E-state index is 14.0. The molecule has 0 saturated heterocycles. The largest absolute Gasteiger partial charge is 0.493 e. The third kappa shape index (κ3) is 4.12. The van der Waals surface area contributed by atoms with Crippen LogP contribution in [0.2, 0.25) is 0 Å². The first-order valence-electron chi connectivity index (χ1n) is 11.3. The summed E-state index contributed by atoms with van der Waals surface area (Å²) in [6.07, 6.45) is 0. The van der Waals surface area contributed by atoms with Gasteiger partial charge in [-0.25, -0.2) is 4.39 Å². The van der Waals surface area contributed by atoms with Crippen LogP contribution in [0, 0.1) is 24.1 Å². The number of hydrogen-bond acceptors (Lipinski definition) is 6. The molecule has 4 aromatic rings. The van der Waals surface area contributed by atoms with Crippen molar-refractivity contribution in [2.24, 2.45) is 5.73 Å². The van der Waals surface area contributed by atoms with Crippen LogP contribution in [0.3, 0.4) is 0 Å². The van der Waals surface area contributed by atoms with E-state index in [0.29, 0.717) is 28.5 Å². The van der Waals surface area contributed by atoms with Gasteiger partial charge in [0.1, 0.15) is 24.1 Å². The summed E-state index contributed by atoms with van der Waals surface area (Å²) in [4.78, 5) is 0. The molecule has 1 aliphatic heterocycles. The number of benzene rings is 3. The van der Waals surface area contributed by atoms with Gasteiger partial charge in [-0.3, -0.25) is 5.10 Å². The van der Waals surface area contributed by atoms with Crippen LogP contribution in [0.1, 0.15) is 28.2 Å². The zero-order valence-corrected chi connectivity index (χ0v) is 19.7. The number of aromatic nitrogens is 2. The monoisotopic (exact) mass is 482 g/mol. The number of halogens is 1. The molecular formula is C28H23FN4O3. The summed E-state index contributed by atoms with van der Waals surface area (Å²) in [5, 5.41) is 17.3. The van der Waals surface area contributed by atoms with E-state index >= 15 is 0 Å². The van der Waals surface area contributed by atoms with Crippen LogP contribution in [-0.2, 0) is 6.61 Å². The van der Waals surface area contributed by atoms with Gasteiger partial charge in [-0.15, -0.1) is 5.10 Å². The number of nitrogens with one attached hydrogen (secondary N) is 1. The number of aromatic amines is 1. The Morgan fingerprint density at radius 1 is 1.11 bits per heavy atom. The number of methoxy groups -OCH3 is 1. The molecule has 0 bridgehead atoms. The van der Waals surface area contributed by atoms with Gasteiger partial charge in [0.15, 0.2) is 11.5 Å². The van der Waals surface area contributed by atoms with Crippen LogP contribution in [-0.4, -0.2) is 17.3 Å². The van der Waals surface area contributed by atoms with Crippen molar-refractivity contribution in [1.82, 2.24) is 10.2 Å². The Labute approximate surface area is 207 Å². The van der Waals surface area contributed by atoms with Crippen molar-refractivity contribution >= 4 is 0 Å². The standard InChI is InChI=1S/C28H23FN4O3/c1-16-7-9-17(10-8-16)26-25-24(20(14-30)27(31)36-28(25)33-32-26)18-11-12-22(23(13-18)34-2)35-15-19-5-3-4-6-21(19)29/h3-13,24H,15,31H2,1-2H3,(H,32,33)/t24-/m0/s1. The molecule has 2 heterocycles. The highest BCUT2D eigenvalue weighted by atomic mass is 19.1. The molecule has 5 rings (SSSR count). The molecule has 1 aliphatic rings. The highest BCUT2D eigenvalue weighted by Crippen LogP contribution is 2.47. The van der Waals surface area contributed by atoms with Crippen LogP contribution in [0.5, 0.6) is 17.4 Å². The van der Waals surface area contributed by atoms with E-state index in [1.807, 2.05) is 37.3 Å². The summed E-state index contributed by atoms with van der Waals surface area (Å²) in [5.41, 5.74) is 11.0. The lowest BCUT2D eigenvalue weighted by atomic mass is 9.83. The molecule has 0 radical (unpaired) electrons. The third-order valence-corrected chi connectivity index (χ3v) is 6.14. The third-order valence-electron chi connectivity index (χ3n) is 6.14. The molecular weight excluding hydrogens is 459 g/mol. The fraction of sp³-hybridized carbons (Fsp3) is 0.143. The molecule has 180 valence electrons. The number of ether oxygens (including phenoxy) is 3. The molecule has 0 unspecified atom stereocenters. The van der Waals surface area contributed by atoms with Gasteiger partial charge in [0.2, 0.25) is 11.8 Å². The highest BCUT2D eigenvalue weighted by Gasteiger charge is 2.36. The second-order valence-electron chi connectivity index (χ2n) is 8.40. The Morgan fingerprint density at radius 2 is 1.89 bits per heavy atom. The number of rotatable bonds is 6. The van der Waals surface area contributed by atoms with Crippen molar-refractivity contribution < 1.29 is 18.6 Å². The maximum Gasteiger partial charge on any atom is 0.244 e. The van der Waals surface area contributed by atoms with Gasteiger partial charge in [0.25, 0.3) is 0 Å². The van der Waals surface area contributed by atoms with Crippen molar-refractivity contribution in [2.45, 2.75) is 19.4 Å². The second kappa shape index (κ2) is 9.47. The fourth-order valence-corrected chi connectivity index (χ4v) is 4.27. The van der Waals surface area contributed by atoms with E-state index in [4.69, 9.17) is 19.9 Å². The van der Waals surface area contributed by atoms with Gasteiger partial charge in [-0.05, 0) is 30.7 Å². The molecule has 0 fully saturated rings. The van der Waals surface area contributed by atoms with Gasteiger partial charge < -0.3 is 19.9 Å². The quantitative estimate of drug-likeness (QED) is 0.385. The first-order valence-corrected chi connectivity index (χ1v) is 11.3. The topological polar surface area (TPSA) is 106 Å². The number of H-pyrrole nitrogens is 1. The Kier molecular flexibility index (Phi) is 6.05. The lowest BCUT2D eigenvalue weighted by Gasteiger charge is -2.25. The van der Waals surface area contributed by atoms with Crippen LogP contribution in [0.4, 0.5) is 4.39 Å².